The first kappa shape index (κ1) is 19.2. The molecule has 0 aliphatic heterocycles. The third-order valence-corrected chi connectivity index (χ3v) is 5.98. The smallest absolute Gasteiger partial charge is 0.236 e. The number of aromatic nitrogens is 2. The highest BCUT2D eigenvalue weighted by Crippen LogP contribution is 2.25. The van der Waals surface area contributed by atoms with Gasteiger partial charge in [-0.05, 0) is 23.3 Å². The molecule has 3 rings (SSSR count). The van der Waals surface area contributed by atoms with Crippen LogP contribution in [-0.2, 0) is 17.0 Å². The summed E-state index contributed by atoms with van der Waals surface area (Å²) in [7, 11) is 0. The SMILES string of the molecule is O=C(CSCc1ccccc1)Nc1nnc(Cc2ccc(Cl)c(Cl)c2)s1. The fourth-order valence-electron chi connectivity index (χ4n) is 2.19. The van der Waals surface area contributed by atoms with Crippen molar-refractivity contribution in [2.75, 3.05) is 11.1 Å². The van der Waals surface area contributed by atoms with Gasteiger partial charge in [0.1, 0.15) is 5.01 Å². The van der Waals surface area contributed by atoms with Crippen molar-refractivity contribution >= 4 is 57.3 Å². The lowest BCUT2D eigenvalue weighted by atomic mass is 10.2. The Labute approximate surface area is 169 Å². The van der Waals surface area contributed by atoms with E-state index in [1.165, 1.54) is 16.9 Å². The molecule has 0 aliphatic rings. The highest BCUT2D eigenvalue weighted by atomic mass is 35.5. The number of carbonyl (C=O) groups is 1. The summed E-state index contributed by atoms with van der Waals surface area (Å²) in [4.78, 5) is 12.0. The summed E-state index contributed by atoms with van der Waals surface area (Å²) in [5, 5.41) is 13.3. The lowest BCUT2D eigenvalue weighted by molar-refractivity contribution is -0.113. The van der Waals surface area contributed by atoms with Crippen molar-refractivity contribution in [1.82, 2.24) is 10.2 Å². The Morgan fingerprint density at radius 2 is 1.85 bits per heavy atom. The molecular weight excluding hydrogens is 409 g/mol. The van der Waals surface area contributed by atoms with Gasteiger partial charge in [-0.2, -0.15) is 0 Å². The number of benzene rings is 2. The largest absolute Gasteiger partial charge is 0.300 e. The molecule has 0 fully saturated rings. The molecule has 0 unspecified atom stereocenters. The molecule has 0 radical (unpaired) electrons. The minimum Gasteiger partial charge on any atom is -0.300 e. The molecule has 3 aromatic rings. The second kappa shape index (κ2) is 9.37. The lowest BCUT2D eigenvalue weighted by Gasteiger charge is -2.02. The molecule has 0 bridgehead atoms. The topological polar surface area (TPSA) is 54.9 Å². The monoisotopic (exact) mass is 423 g/mol. The normalized spacial score (nSPS) is 10.7. The number of nitrogens with zero attached hydrogens (tertiary/aromatic N) is 2. The molecule has 1 aromatic heterocycles. The Hall–Kier alpha value is -1.60. The molecular formula is C18H15Cl2N3OS2. The van der Waals surface area contributed by atoms with Crippen LogP contribution in [0.5, 0.6) is 0 Å². The van der Waals surface area contributed by atoms with Crippen molar-refractivity contribution in [1.29, 1.82) is 0 Å². The quantitative estimate of drug-likeness (QED) is 0.559. The molecule has 0 saturated heterocycles. The summed E-state index contributed by atoms with van der Waals surface area (Å²) in [6.45, 7) is 0. The van der Waals surface area contributed by atoms with Crippen LogP contribution < -0.4 is 5.32 Å². The van der Waals surface area contributed by atoms with Crippen LogP contribution in [0.1, 0.15) is 16.1 Å². The van der Waals surface area contributed by atoms with Crippen LogP contribution in [0.3, 0.4) is 0 Å². The Kier molecular flexibility index (Phi) is 6.91. The zero-order valence-electron chi connectivity index (χ0n) is 13.6. The number of hydrogen-bond acceptors (Lipinski definition) is 5. The van der Waals surface area contributed by atoms with Gasteiger partial charge in [0.2, 0.25) is 11.0 Å². The minimum atomic E-state index is -0.0804. The second-order valence-corrected chi connectivity index (χ2v) is 8.31. The van der Waals surface area contributed by atoms with Crippen LogP contribution in [0.25, 0.3) is 0 Å². The van der Waals surface area contributed by atoms with E-state index in [1.54, 1.807) is 17.8 Å². The Morgan fingerprint density at radius 1 is 1.04 bits per heavy atom. The third-order valence-electron chi connectivity index (χ3n) is 3.40. The van der Waals surface area contributed by atoms with Crippen molar-refractivity contribution in [2.24, 2.45) is 0 Å². The molecule has 0 atom stereocenters. The van der Waals surface area contributed by atoms with Crippen LogP contribution in [-0.4, -0.2) is 21.9 Å². The second-order valence-electron chi connectivity index (χ2n) is 5.45. The lowest BCUT2D eigenvalue weighted by Crippen LogP contribution is -2.13. The predicted molar refractivity (Wildman–Crippen MR) is 110 cm³/mol. The van der Waals surface area contributed by atoms with Crippen LogP contribution >= 0.6 is 46.3 Å². The molecule has 26 heavy (non-hydrogen) atoms. The van der Waals surface area contributed by atoms with Gasteiger partial charge in [0, 0.05) is 12.2 Å². The van der Waals surface area contributed by atoms with E-state index in [0.717, 1.165) is 16.3 Å². The van der Waals surface area contributed by atoms with E-state index in [2.05, 4.69) is 15.5 Å². The number of amides is 1. The fourth-order valence-corrected chi connectivity index (χ4v) is 4.09. The predicted octanol–water partition coefficient (Wildman–Crippen LogP) is 5.31. The van der Waals surface area contributed by atoms with Gasteiger partial charge in [-0.3, -0.25) is 10.1 Å². The van der Waals surface area contributed by atoms with Gasteiger partial charge in [-0.25, -0.2) is 0 Å². The summed E-state index contributed by atoms with van der Waals surface area (Å²) in [5.74, 6) is 1.09. The van der Waals surface area contributed by atoms with Crippen molar-refractivity contribution in [2.45, 2.75) is 12.2 Å². The number of hydrogen-bond donors (Lipinski definition) is 1. The molecule has 1 amide bonds. The van der Waals surface area contributed by atoms with Gasteiger partial charge in [-0.15, -0.1) is 22.0 Å². The molecule has 0 saturated carbocycles. The van der Waals surface area contributed by atoms with E-state index in [4.69, 9.17) is 23.2 Å². The maximum absolute atomic E-state index is 12.0. The number of thioether (sulfide) groups is 1. The molecule has 0 spiro atoms. The van der Waals surface area contributed by atoms with Crippen molar-refractivity contribution in [3.8, 4) is 0 Å². The molecule has 134 valence electrons. The first-order valence-electron chi connectivity index (χ1n) is 7.78. The molecule has 2 aromatic carbocycles. The first-order valence-corrected chi connectivity index (χ1v) is 10.5. The summed E-state index contributed by atoms with van der Waals surface area (Å²) < 4.78 is 0. The zero-order chi connectivity index (χ0) is 18.4. The molecule has 4 nitrogen and oxygen atoms in total. The van der Waals surface area contributed by atoms with E-state index in [1.807, 2.05) is 42.5 Å². The van der Waals surface area contributed by atoms with Gasteiger partial charge in [0.25, 0.3) is 0 Å². The third kappa shape index (κ3) is 5.71. The number of carbonyl (C=O) groups excluding carboxylic acids is 1. The van der Waals surface area contributed by atoms with E-state index >= 15 is 0 Å². The Morgan fingerprint density at radius 3 is 2.62 bits per heavy atom. The molecule has 0 aliphatic carbocycles. The minimum absolute atomic E-state index is 0.0804. The standard InChI is InChI=1S/C18H15Cl2N3OS2/c19-14-7-6-13(8-15(14)20)9-17-22-23-18(26-17)21-16(24)11-25-10-12-4-2-1-3-5-12/h1-8H,9-11H2,(H,21,23,24). The van der Waals surface area contributed by atoms with Gasteiger partial charge < -0.3 is 0 Å². The van der Waals surface area contributed by atoms with Crippen LogP contribution in [0, 0.1) is 0 Å². The zero-order valence-corrected chi connectivity index (χ0v) is 16.8. The van der Waals surface area contributed by atoms with Crippen molar-refractivity contribution < 1.29 is 4.79 Å². The average Bonchev–Trinajstić information content (AvgIpc) is 3.06. The fraction of sp³-hybridized carbons (Fsp3) is 0.167. The van der Waals surface area contributed by atoms with E-state index in [0.29, 0.717) is 27.4 Å². The maximum atomic E-state index is 12.0. The van der Waals surface area contributed by atoms with Crippen LogP contribution in [0.4, 0.5) is 5.13 Å². The van der Waals surface area contributed by atoms with Crippen molar-refractivity contribution in [3.63, 3.8) is 0 Å². The number of nitrogens with one attached hydrogen (secondary N) is 1. The van der Waals surface area contributed by atoms with E-state index in [-0.39, 0.29) is 5.91 Å². The van der Waals surface area contributed by atoms with Gasteiger partial charge in [-0.1, -0.05) is 70.9 Å². The van der Waals surface area contributed by atoms with Crippen LogP contribution in [0.2, 0.25) is 10.0 Å². The summed E-state index contributed by atoms with van der Waals surface area (Å²) in [6.07, 6.45) is 0.590. The Bertz CT molecular complexity index is 887. The summed E-state index contributed by atoms with van der Waals surface area (Å²) >= 11 is 14.9. The first-order chi connectivity index (χ1) is 12.6. The number of anilines is 1. The van der Waals surface area contributed by atoms with E-state index in [9.17, 15) is 4.79 Å². The summed E-state index contributed by atoms with van der Waals surface area (Å²) in [6, 6.07) is 15.5. The molecule has 1 N–H and O–H groups in total. The van der Waals surface area contributed by atoms with Gasteiger partial charge >= 0.3 is 0 Å². The maximum Gasteiger partial charge on any atom is 0.236 e. The van der Waals surface area contributed by atoms with Crippen molar-refractivity contribution in [3.05, 3.63) is 74.7 Å². The van der Waals surface area contributed by atoms with E-state index < -0.39 is 0 Å². The Balaban J connectivity index is 1.48. The number of halogens is 2. The highest BCUT2D eigenvalue weighted by molar-refractivity contribution is 7.99. The highest BCUT2D eigenvalue weighted by Gasteiger charge is 2.10. The number of rotatable bonds is 7. The van der Waals surface area contributed by atoms with Gasteiger partial charge in [0.15, 0.2) is 0 Å². The molecule has 1 heterocycles. The van der Waals surface area contributed by atoms with Gasteiger partial charge in [0.05, 0.1) is 15.8 Å². The average molecular weight is 424 g/mol. The molecule has 8 heteroatoms. The van der Waals surface area contributed by atoms with Crippen LogP contribution in [0.15, 0.2) is 48.5 Å². The summed E-state index contributed by atoms with van der Waals surface area (Å²) in [5.41, 5.74) is 2.19.